The summed E-state index contributed by atoms with van der Waals surface area (Å²) in [4.78, 5) is 0. The van der Waals surface area contributed by atoms with Crippen LogP contribution in [0.25, 0.3) is 0 Å². The fourth-order valence-corrected chi connectivity index (χ4v) is 1.70. The number of thioether (sulfide) groups is 1. The summed E-state index contributed by atoms with van der Waals surface area (Å²) in [5, 5.41) is 3.33. The van der Waals surface area contributed by atoms with Crippen molar-refractivity contribution in [2.45, 2.75) is 13.0 Å². The monoisotopic (exact) mass is 129 g/mol. The molecule has 1 atom stereocenters. The first-order valence-electron chi connectivity index (χ1n) is 2.87. The Morgan fingerprint density at radius 2 is 2.62 bits per heavy atom. The number of hydrogen-bond acceptors (Lipinski definition) is 2. The Morgan fingerprint density at radius 1 is 1.75 bits per heavy atom. The van der Waals surface area contributed by atoms with Crippen molar-refractivity contribution in [1.29, 1.82) is 0 Å². The van der Waals surface area contributed by atoms with Gasteiger partial charge in [0.1, 0.15) is 0 Å². The van der Waals surface area contributed by atoms with Crippen molar-refractivity contribution in [2.24, 2.45) is 0 Å². The summed E-state index contributed by atoms with van der Waals surface area (Å²) < 4.78 is 0. The van der Waals surface area contributed by atoms with Gasteiger partial charge in [0.2, 0.25) is 0 Å². The van der Waals surface area contributed by atoms with Gasteiger partial charge in [-0.3, -0.25) is 0 Å². The van der Waals surface area contributed by atoms with Crippen LogP contribution >= 0.6 is 11.8 Å². The molecule has 0 bridgehead atoms. The molecule has 0 amide bonds. The molecular weight excluding hydrogens is 118 g/mol. The van der Waals surface area contributed by atoms with E-state index in [1.165, 1.54) is 5.75 Å². The van der Waals surface area contributed by atoms with Gasteiger partial charge in [0.05, 0.1) is 0 Å². The SMILES string of the molecule is CC=CC1CSCN1. The Kier molecular flexibility index (Phi) is 2.43. The first-order valence-corrected chi connectivity index (χ1v) is 4.03. The molecule has 8 heavy (non-hydrogen) atoms. The fourth-order valence-electron chi connectivity index (χ4n) is 0.767. The molecule has 2 heteroatoms. The first-order chi connectivity index (χ1) is 3.93. The van der Waals surface area contributed by atoms with Gasteiger partial charge in [0.25, 0.3) is 0 Å². The van der Waals surface area contributed by atoms with Crippen molar-refractivity contribution in [3.63, 3.8) is 0 Å². The standard InChI is InChI=1S/C6H11NS/c1-2-3-6-4-8-5-7-6/h2-3,6-7H,4-5H2,1H3. The predicted octanol–water partition coefficient (Wildman–Crippen LogP) is 1.23. The lowest BCUT2D eigenvalue weighted by molar-refractivity contribution is 0.752. The lowest BCUT2D eigenvalue weighted by Crippen LogP contribution is -2.20. The molecule has 1 unspecified atom stereocenters. The van der Waals surface area contributed by atoms with Crippen molar-refractivity contribution in [3.8, 4) is 0 Å². The molecule has 0 aromatic rings. The van der Waals surface area contributed by atoms with Gasteiger partial charge >= 0.3 is 0 Å². The van der Waals surface area contributed by atoms with E-state index in [1.807, 2.05) is 11.8 Å². The molecular formula is C6H11NS. The number of nitrogens with one attached hydrogen (secondary N) is 1. The van der Waals surface area contributed by atoms with Gasteiger partial charge in [-0.2, -0.15) is 0 Å². The molecule has 1 fully saturated rings. The largest absolute Gasteiger partial charge is 0.301 e. The molecule has 1 heterocycles. The molecule has 1 rings (SSSR count). The van der Waals surface area contributed by atoms with E-state index in [-0.39, 0.29) is 0 Å². The van der Waals surface area contributed by atoms with E-state index in [4.69, 9.17) is 0 Å². The third-order valence-electron chi connectivity index (χ3n) is 1.17. The van der Waals surface area contributed by atoms with E-state index in [9.17, 15) is 0 Å². The third kappa shape index (κ3) is 1.53. The van der Waals surface area contributed by atoms with E-state index >= 15 is 0 Å². The Morgan fingerprint density at radius 3 is 3.12 bits per heavy atom. The molecule has 1 saturated heterocycles. The summed E-state index contributed by atoms with van der Waals surface area (Å²) in [5.74, 6) is 2.36. The molecule has 0 aromatic carbocycles. The summed E-state index contributed by atoms with van der Waals surface area (Å²) in [6, 6.07) is 0.644. The smallest absolute Gasteiger partial charge is 0.0423 e. The van der Waals surface area contributed by atoms with Gasteiger partial charge in [0.15, 0.2) is 0 Å². The topological polar surface area (TPSA) is 12.0 Å². The summed E-state index contributed by atoms with van der Waals surface area (Å²) >= 11 is 1.96. The van der Waals surface area contributed by atoms with Crippen molar-refractivity contribution in [2.75, 3.05) is 11.6 Å². The molecule has 0 spiro atoms. The third-order valence-corrected chi connectivity index (χ3v) is 2.14. The van der Waals surface area contributed by atoms with Gasteiger partial charge in [0, 0.05) is 17.7 Å². The van der Waals surface area contributed by atoms with Gasteiger partial charge in [-0.1, -0.05) is 12.2 Å². The second-order valence-corrected chi connectivity index (χ2v) is 2.88. The number of hydrogen-bond donors (Lipinski definition) is 1. The highest BCUT2D eigenvalue weighted by Crippen LogP contribution is 2.09. The van der Waals surface area contributed by atoms with Crippen molar-refractivity contribution in [1.82, 2.24) is 5.32 Å². The van der Waals surface area contributed by atoms with Crippen LogP contribution in [0.15, 0.2) is 12.2 Å². The molecule has 0 aromatic heterocycles. The molecule has 46 valence electrons. The highest BCUT2D eigenvalue weighted by atomic mass is 32.2. The minimum atomic E-state index is 0.644. The van der Waals surface area contributed by atoms with Crippen LogP contribution in [-0.4, -0.2) is 17.7 Å². The van der Waals surface area contributed by atoms with Crippen molar-refractivity contribution >= 4 is 11.8 Å². The average Bonchev–Trinajstić information content (AvgIpc) is 2.19. The van der Waals surface area contributed by atoms with Crippen LogP contribution in [-0.2, 0) is 0 Å². The van der Waals surface area contributed by atoms with Gasteiger partial charge in [-0.15, -0.1) is 11.8 Å². The van der Waals surface area contributed by atoms with E-state index in [2.05, 4.69) is 24.4 Å². The lowest BCUT2D eigenvalue weighted by Gasteiger charge is -1.97. The van der Waals surface area contributed by atoms with E-state index < -0.39 is 0 Å². The molecule has 1 nitrogen and oxygen atoms in total. The van der Waals surface area contributed by atoms with Crippen molar-refractivity contribution < 1.29 is 0 Å². The average molecular weight is 129 g/mol. The molecule has 0 radical (unpaired) electrons. The van der Waals surface area contributed by atoms with E-state index in [0.717, 1.165) is 5.88 Å². The predicted molar refractivity (Wildman–Crippen MR) is 39.1 cm³/mol. The van der Waals surface area contributed by atoms with E-state index in [0.29, 0.717) is 6.04 Å². The zero-order valence-electron chi connectivity index (χ0n) is 5.05. The Balaban J connectivity index is 2.24. The summed E-state index contributed by atoms with van der Waals surface area (Å²) in [5.41, 5.74) is 0. The summed E-state index contributed by atoms with van der Waals surface area (Å²) in [6.45, 7) is 2.06. The zero-order valence-corrected chi connectivity index (χ0v) is 5.87. The highest BCUT2D eigenvalue weighted by molar-refractivity contribution is 7.99. The Bertz CT molecular complexity index is 84.5. The van der Waals surface area contributed by atoms with Crippen LogP contribution in [0.3, 0.4) is 0 Å². The van der Waals surface area contributed by atoms with Crippen molar-refractivity contribution in [3.05, 3.63) is 12.2 Å². The van der Waals surface area contributed by atoms with Gasteiger partial charge < -0.3 is 5.32 Å². The zero-order chi connectivity index (χ0) is 5.82. The Hall–Kier alpha value is 0.0500. The maximum atomic E-state index is 3.33. The molecule has 0 saturated carbocycles. The second-order valence-electron chi connectivity index (χ2n) is 1.85. The van der Waals surface area contributed by atoms with Crippen LogP contribution in [0.1, 0.15) is 6.92 Å². The quantitative estimate of drug-likeness (QED) is 0.534. The summed E-state index contributed by atoms with van der Waals surface area (Å²) in [6.07, 6.45) is 4.31. The molecule has 0 aliphatic carbocycles. The van der Waals surface area contributed by atoms with Crippen LogP contribution in [0.4, 0.5) is 0 Å². The molecule has 1 N–H and O–H groups in total. The Labute approximate surface area is 54.5 Å². The van der Waals surface area contributed by atoms with Crippen LogP contribution in [0.2, 0.25) is 0 Å². The first kappa shape index (κ1) is 6.17. The highest BCUT2D eigenvalue weighted by Gasteiger charge is 2.08. The fraction of sp³-hybridized carbons (Fsp3) is 0.667. The minimum Gasteiger partial charge on any atom is -0.301 e. The van der Waals surface area contributed by atoms with Crippen LogP contribution < -0.4 is 5.32 Å². The number of allylic oxidation sites excluding steroid dienone is 1. The normalized spacial score (nSPS) is 29.9. The molecule has 1 aliphatic rings. The van der Waals surface area contributed by atoms with E-state index in [1.54, 1.807) is 0 Å². The molecule has 1 aliphatic heterocycles. The second kappa shape index (κ2) is 3.15. The van der Waals surface area contributed by atoms with Gasteiger partial charge in [-0.05, 0) is 6.92 Å². The minimum absolute atomic E-state index is 0.644. The maximum Gasteiger partial charge on any atom is 0.0423 e. The van der Waals surface area contributed by atoms with Gasteiger partial charge in [-0.25, -0.2) is 0 Å². The maximum absolute atomic E-state index is 3.33. The van der Waals surface area contributed by atoms with Crippen LogP contribution in [0.5, 0.6) is 0 Å². The number of rotatable bonds is 1. The lowest BCUT2D eigenvalue weighted by atomic mass is 10.3. The van der Waals surface area contributed by atoms with Crippen LogP contribution in [0, 0.1) is 0 Å². The summed E-state index contributed by atoms with van der Waals surface area (Å²) in [7, 11) is 0.